The molecule has 1 N–H and O–H groups in total. The van der Waals surface area contributed by atoms with E-state index >= 15 is 0 Å². The van der Waals surface area contributed by atoms with Gasteiger partial charge in [0.05, 0.1) is 0 Å². The molecule has 90 valence electrons. The van der Waals surface area contributed by atoms with Crippen LogP contribution in [0.25, 0.3) is 10.9 Å². The SMILES string of the molecule is CC(c1cc2ccccc2[nH]1)c1ccncc1Br. The molecular formula is C15H13BrN2. The molecule has 0 spiro atoms. The van der Waals surface area contributed by atoms with Crippen molar-refractivity contribution in [2.75, 3.05) is 0 Å². The van der Waals surface area contributed by atoms with E-state index in [1.165, 1.54) is 22.2 Å². The lowest BCUT2D eigenvalue weighted by molar-refractivity contribution is 0.878. The third kappa shape index (κ3) is 1.95. The highest BCUT2D eigenvalue weighted by molar-refractivity contribution is 9.10. The van der Waals surface area contributed by atoms with E-state index in [0.29, 0.717) is 5.92 Å². The lowest BCUT2D eigenvalue weighted by atomic mass is 9.99. The van der Waals surface area contributed by atoms with Crippen molar-refractivity contribution in [2.24, 2.45) is 0 Å². The van der Waals surface area contributed by atoms with Crippen LogP contribution in [-0.2, 0) is 0 Å². The van der Waals surface area contributed by atoms with Gasteiger partial charge in [0.25, 0.3) is 0 Å². The van der Waals surface area contributed by atoms with Gasteiger partial charge in [0.15, 0.2) is 0 Å². The van der Waals surface area contributed by atoms with Crippen molar-refractivity contribution in [2.45, 2.75) is 12.8 Å². The average molecular weight is 301 g/mol. The predicted octanol–water partition coefficient (Wildman–Crippen LogP) is 4.48. The number of nitrogens with one attached hydrogen (secondary N) is 1. The molecule has 0 saturated carbocycles. The second-order valence-corrected chi connectivity index (χ2v) is 5.29. The van der Waals surface area contributed by atoms with E-state index in [2.05, 4.69) is 69.2 Å². The zero-order chi connectivity index (χ0) is 12.5. The molecule has 0 aliphatic heterocycles. The summed E-state index contributed by atoms with van der Waals surface area (Å²) < 4.78 is 1.05. The van der Waals surface area contributed by atoms with E-state index in [1.54, 1.807) is 0 Å². The van der Waals surface area contributed by atoms with Crippen LogP contribution in [0.1, 0.15) is 24.1 Å². The van der Waals surface area contributed by atoms with E-state index < -0.39 is 0 Å². The second kappa shape index (κ2) is 4.58. The van der Waals surface area contributed by atoms with E-state index in [9.17, 15) is 0 Å². The van der Waals surface area contributed by atoms with Gasteiger partial charge in [-0.15, -0.1) is 0 Å². The Hall–Kier alpha value is -1.61. The van der Waals surface area contributed by atoms with E-state index in [-0.39, 0.29) is 0 Å². The molecule has 3 rings (SSSR count). The van der Waals surface area contributed by atoms with E-state index in [4.69, 9.17) is 0 Å². The summed E-state index contributed by atoms with van der Waals surface area (Å²) in [5, 5.41) is 1.25. The Balaban J connectivity index is 2.07. The van der Waals surface area contributed by atoms with Crippen molar-refractivity contribution in [3.8, 4) is 0 Å². The van der Waals surface area contributed by atoms with Crippen molar-refractivity contribution in [3.63, 3.8) is 0 Å². The molecule has 1 atom stereocenters. The highest BCUT2D eigenvalue weighted by atomic mass is 79.9. The molecule has 2 aromatic heterocycles. The highest BCUT2D eigenvalue weighted by Crippen LogP contribution is 2.30. The standard InChI is InChI=1S/C15H13BrN2/c1-10(12-6-7-17-9-13(12)16)15-8-11-4-2-3-5-14(11)18-15/h2-10,18H,1H3. The summed E-state index contributed by atoms with van der Waals surface area (Å²) >= 11 is 3.56. The molecule has 0 radical (unpaired) electrons. The van der Waals surface area contributed by atoms with Gasteiger partial charge in [-0.05, 0) is 45.1 Å². The quantitative estimate of drug-likeness (QED) is 0.743. The summed E-state index contributed by atoms with van der Waals surface area (Å²) in [7, 11) is 0. The minimum absolute atomic E-state index is 0.315. The molecular weight excluding hydrogens is 288 g/mol. The first-order valence-electron chi connectivity index (χ1n) is 5.93. The molecule has 0 aliphatic carbocycles. The minimum atomic E-state index is 0.315. The van der Waals surface area contributed by atoms with Gasteiger partial charge in [-0.1, -0.05) is 25.1 Å². The number of pyridine rings is 1. The number of aromatic nitrogens is 2. The molecule has 0 bridgehead atoms. The van der Waals surface area contributed by atoms with Crippen molar-refractivity contribution in [3.05, 3.63) is 64.5 Å². The lowest BCUT2D eigenvalue weighted by Gasteiger charge is -2.11. The number of aromatic amines is 1. The monoisotopic (exact) mass is 300 g/mol. The number of rotatable bonds is 2. The van der Waals surface area contributed by atoms with Crippen LogP contribution in [0.4, 0.5) is 0 Å². The number of para-hydroxylation sites is 1. The van der Waals surface area contributed by atoms with Gasteiger partial charge in [0.2, 0.25) is 0 Å². The summed E-state index contributed by atoms with van der Waals surface area (Å²) in [6, 6.07) is 12.6. The van der Waals surface area contributed by atoms with Gasteiger partial charge < -0.3 is 4.98 Å². The smallest absolute Gasteiger partial charge is 0.0456 e. The summed E-state index contributed by atoms with van der Waals surface area (Å²) in [6.45, 7) is 2.20. The van der Waals surface area contributed by atoms with Crippen LogP contribution in [0.3, 0.4) is 0 Å². The van der Waals surface area contributed by atoms with Crippen LogP contribution in [0.15, 0.2) is 53.3 Å². The zero-order valence-electron chi connectivity index (χ0n) is 10.0. The van der Waals surface area contributed by atoms with Crippen molar-refractivity contribution >= 4 is 26.8 Å². The fourth-order valence-corrected chi connectivity index (χ4v) is 2.83. The highest BCUT2D eigenvalue weighted by Gasteiger charge is 2.13. The van der Waals surface area contributed by atoms with Gasteiger partial charge >= 0.3 is 0 Å². The first-order chi connectivity index (χ1) is 8.75. The fraction of sp³-hybridized carbons (Fsp3) is 0.133. The molecule has 3 aromatic rings. The van der Waals surface area contributed by atoms with Crippen LogP contribution < -0.4 is 0 Å². The third-order valence-corrected chi connectivity index (χ3v) is 3.95. The number of nitrogens with zero attached hydrogens (tertiary/aromatic N) is 1. The number of fused-ring (bicyclic) bond motifs is 1. The largest absolute Gasteiger partial charge is 0.358 e. The summed E-state index contributed by atoms with van der Waals surface area (Å²) in [5.41, 5.74) is 3.66. The van der Waals surface area contributed by atoms with Crippen LogP contribution in [0.2, 0.25) is 0 Å². The molecule has 3 heteroatoms. The molecule has 2 heterocycles. The van der Waals surface area contributed by atoms with Crippen LogP contribution in [0.5, 0.6) is 0 Å². The second-order valence-electron chi connectivity index (χ2n) is 4.43. The molecule has 18 heavy (non-hydrogen) atoms. The summed E-state index contributed by atoms with van der Waals surface area (Å²) in [4.78, 5) is 7.59. The Labute approximate surface area is 114 Å². The third-order valence-electron chi connectivity index (χ3n) is 3.29. The van der Waals surface area contributed by atoms with Crippen molar-refractivity contribution in [1.29, 1.82) is 0 Å². The van der Waals surface area contributed by atoms with Crippen LogP contribution >= 0.6 is 15.9 Å². The molecule has 2 nitrogen and oxygen atoms in total. The number of benzene rings is 1. The first-order valence-corrected chi connectivity index (χ1v) is 6.72. The summed E-state index contributed by atoms with van der Waals surface area (Å²) in [6.07, 6.45) is 3.67. The van der Waals surface area contributed by atoms with Gasteiger partial charge in [-0.2, -0.15) is 0 Å². The number of hydrogen-bond donors (Lipinski definition) is 1. The maximum atomic E-state index is 4.11. The maximum Gasteiger partial charge on any atom is 0.0456 e. The Morgan fingerprint density at radius 1 is 1.22 bits per heavy atom. The Morgan fingerprint density at radius 2 is 2.06 bits per heavy atom. The first kappa shape index (κ1) is 11.5. The minimum Gasteiger partial charge on any atom is -0.358 e. The van der Waals surface area contributed by atoms with Crippen LogP contribution in [-0.4, -0.2) is 9.97 Å². The van der Waals surface area contributed by atoms with Gasteiger partial charge in [-0.25, -0.2) is 0 Å². The average Bonchev–Trinajstić information content (AvgIpc) is 2.82. The van der Waals surface area contributed by atoms with Crippen molar-refractivity contribution in [1.82, 2.24) is 9.97 Å². The number of hydrogen-bond acceptors (Lipinski definition) is 1. The normalized spacial score (nSPS) is 12.8. The molecule has 0 amide bonds. The number of H-pyrrole nitrogens is 1. The Kier molecular flexibility index (Phi) is 2.92. The number of halogens is 1. The van der Waals surface area contributed by atoms with E-state index in [0.717, 1.165) is 4.47 Å². The summed E-state index contributed by atoms with van der Waals surface area (Å²) in [5.74, 6) is 0.315. The van der Waals surface area contributed by atoms with Gasteiger partial charge in [0.1, 0.15) is 0 Å². The zero-order valence-corrected chi connectivity index (χ0v) is 11.6. The Bertz CT molecular complexity index is 655. The maximum absolute atomic E-state index is 4.11. The van der Waals surface area contributed by atoms with E-state index in [1.807, 2.05) is 12.4 Å². The van der Waals surface area contributed by atoms with Gasteiger partial charge in [-0.3, -0.25) is 4.98 Å². The molecule has 1 aromatic carbocycles. The predicted molar refractivity (Wildman–Crippen MR) is 77.8 cm³/mol. The molecule has 0 aliphatic rings. The van der Waals surface area contributed by atoms with Crippen LogP contribution in [0, 0.1) is 0 Å². The van der Waals surface area contributed by atoms with Crippen molar-refractivity contribution < 1.29 is 0 Å². The Morgan fingerprint density at radius 3 is 2.83 bits per heavy atom. The molecule has 0 saturated heterocycles. The molecule has 0 fully saturated rings. The molecule has 1 unspecified atom stereocenters. The van der Waals surface area contributed by atoms with Gasteiger partial charge in [0, 0.05) is 34.0 Å². The fourth-order valence-electron chi connectivity index (χ4n) is 2.23. The lowest BCUT2D eigenvalue weighted by Crippen LogP contribution is -1.97. The topological polar surface area (TPSA) is 28.7 Å².